The second-order valence-corrected chi connectivity index (χ2v) is 2.43. The summed E-state index contributed by atoms with van der Waals surface area (Å²) in [6.45, 7) is 0. The van der Waals surface area contributed by atoms with Gasteiger partial charge in [0.15, 0.2) is 5.60 Å². The Morgan fingerprint density at radius 2 is 2.33 bits per heavy atom. The van der Waals surface area contributed by atoms with Crippen LogP contribution in [0.15, 0.2) is 24.1 Å². The van der Waals surface area contributed by atoms with Gasteiger partial charge in [-0.15, -0.1) is 0 Å². The molecule has 0 aromatic rings. The van der Waals surface area contributed by atoms with Crippen LogP contribution >= 0.6 is 0 Å². The highest BCUT2D eigenvalue weighted by Crippen LogP contribution is 2.23. The smallest absolute Gasteiger partial charge is 0.154 e. The molecule has 66 valence electrons. The van der Waals surface area contributed by atoms with Gasteiger partial charge in [0.2, 0.25) is 0 Å². The number of hydrogen-bond donors (Lipinski definition) is 2. The van der Waals surface area contributed by atoms with Gasteiger partial charge in [0, 0.05) is 0 Å². The summed E-state index contributed by atoms with van der Waals surface area (Å²) in [6.07, 6.45) is 0.531. The van der Waals surface area contributed by atoms with Gasteiger partial charge in [0.1, 0.15) is 11.9 Å². The van der Waals surface area contributed by atoms with Crippen molar-refractivity contribution < 1.29 is 24.5 Å². The molecule has 0 unspecified atom stereocenters. The van der Waals surface area contributed by atoms with Crippen LogP contribution in [-0.2, 0) is 4.79 Å². The molecule has 0 amide bonds. The lowest BCUT2D eigenvalue weighted by molar-refractivity contribution is -0.325. The zero-order chi connectivity index (χ0) is 9.35. The molecular formula is C7H6FO4-. The van der Waals surface area contributed by atoms with E-state index in [-0.39, 0.29) is 0 Å². The summed E-state index contributed by atoms with van der Waals surface area (Å²) in [7, 11) is 0. The number of aliphatic hydroxyl groups is 2. The minimum atomic E-state index is -2.65. The van der Waals surface area contributed by atoms with E-state index in [1.165, 1.54) is 0 Å². The lowest BCUT2D eigenvalue weighted by Crippen LogP contribution is -2.55. The summed E-state index contributed by atoms with van der Waals surface area (Å²) >= 11 is 0. The number of allylic oxidation sites excluding steroid dienone is 2. The van der Waals surface area contributed by atoms with Crippen molar-refractivity contribution in [1.82, 2.24) is 0 Å². The number of halogens is 1. The molecule has 1 aliphatic rings. The molecule has 1 aliphatic carbocycles. The third-order valence-corrected chi connectivity index (χ3v) is 1.61. The average Bonchev–Trinajstić information content (AvgIpc) is 2.00. The van der Waals surface area contributed by atoms with Crippen LogP contribution in [0.1, 0.15) is 0 Å². The number of hydrogen-bond acceptors (Lipinski definition) is 4. The van der Waals surface area contributed by atoms with Gasteiger partial charge in [-0.2, -0.15) is 0 Å². The SMILES string of the molecule is O=C([O-])[C@@]1(O)C=CC=C(F)[C@@H]1O. The van der Waals surface area contributed by atoms with E-state index in [9.17, 15) is 14.3 Å². The van der Waals surface area contributed by atoms with Crippen LogP contribution in [0.25, 0.3) is 0 Å². The van der Waals surface area contributed by atoms with E-state index in [1.54, 1.807) is 0 Å². The molecule has 0 fully saturated rings. The van der Waals surface area contributed by atoms with Crippen molar-refractivity contribution in [3.05, 3.63) is 24.1 Å². The fourth-order valence-electron chi connectivity index (χ4n) is 0.859. The van der Waals surface area contributed by atoms with Gasteiger partial charge in [-0.25, -0.2) is 4.39 Å². The summed E-state index contributed by atoms with van der Waals surface area (Å²) in [4.78, 5) is 10.3. The van der Waals surface area contributed by atoms with Crippen molar-refractivity contribution in [1.29, 1.82) is 0 Å². The fourth-order valence-corrected chi connectivity index (χ4v) is 0.859. The van der Waals surface area contributed by atoms with Crippen molar-refractivity contribution in [2.75, 3.05) is 0 Å². The van der Waals surface area contributed by atoms with E-state index in [4.69, 9.17) is 10.2 Å². The Kier molecular flexibility index (Phi) is 1.99. The average molecular weight is 173 g/mol. The highest BCUT2D eigenvalue weighted by molar-refractivity contribution is 5.80. The summed E-state index contributed by atoms with van der Waals surface area (Å²) in [5, 5.41) is 28.3. The Labute approximate surface area is 67.3 Å². The molecule has 0 aliphatic heterocycles. The van der Waals surface area contributed by atoms with Crippen molar-refractivity contribution in [2.24, 2.45) is 0 Å². The van der Waals surface area contributed by atoms with Crippen molar-refractivity contribution >= 4 is 5.97 Å². The second kappa shape index (κ2) is 2.69. The Morgan fingerprint density at radius 3 is 2.75 bits per heavy atom. The number of carbonyl (C=O) groups is 1. The van der Waals surface area contributed by atoms with Crippen LogP contribution in [0.4, 0.5) is 4.39 Å². The molecule has 2 atom stereocenters. The van der Waals surface area contributed by atoms with Gasteiger partial charge in [-0.05, 0) is 12.2 Å². The number of rotatable bonds is 1. The molecule has 0 radical (unpaired) electrons. The lowest BCUT2D eigenvalue weighted by atomic mass is 9.92. The molecule has 0 spiro atoms. The zero-order valence-electron chi connectivity index (χ0n) is 5.90. The van der Waals surface area contributed by atoms with Gasteiger partial charge in [0.25, 0.3) is 0 Å². The highest BCUT2D eigenvalue weighted by Gasteiger charge is 2.39. The standard InChI is InChI=1S/C7H7FO4/c8-4-2-1-3-7(12,5(4)9)6(10)11/h1-3,5,9,12H,(H,10,11)/p-1/t5-,7+/m0/s1. The zero-order valence-corrected chi connectivity index (χ0v) is 5.90. The molecule has 12 heavy (non-hydrogen) atoms. The molecule has 0 bridgehead atoms. The van der Waals surface area contributed by atoms with Crippen molar-refractivity contribution in [3.8, 4) is 0 Å². The van der Waals surface area contributed by atoms with E-state index in [2.05, 4.69) is 0 Å². The Bertz CT molecular complexity index is 271. The topological polar surface area (TPSA) is 80.6 Å². The molecular weight excluding hydrogens is 167 g/mol. The summed E-state index contributed by atoms with van der Waals surface area (Å²) in [5.41, 5.74) is -2.65. The number of aliphatic hydroxyl groups excluding tert-OH is 1. The molecule has 1 rings (SSSR count). The third kappa shape index (κ3) is 1.13. The number of aliphatic carboxylic acids is 1. The van der Waals surface area contributed by atoms with Gasteiger partial charge < -0.3 is 20.1 Å². The molecule has 2 N–H and O–H groups in total. The van der Waals surface area contributed by atoms with Gasteiger partial charge >= 0.3 is 0 Å². The van der Waals surface area contributed by atoms with Crippen LogP contribution in [0.3, 0.4) is 0 Å². The summed E-state index contributed by atoms with van der Waals surface area (Å²) in [6, 6.07) is 0. The van der Waals surface area contributed by atoms with Crippen LogP contribution in [0, 0.1) is 0 Å². The Morgan fingerprint density at radius 1 is 1.75 bits per heavy atom. The summed E-state index contributed by atoms with van der Waals surface area (Å²) < 4.78 is 12.5. The largest absolute Gasteiger partial charge is 0.547 e. The molecule has 0 aromatic heterocycles. The fraction of sp³-hybridized carbons (Fsp3) is 0.286. The van der Waals surface area contributed by atoms with E-state index in [0.29, 0.717) is 0 Å². The Hall–Kier alpha value is -1.20. The summed E-state index contributed by atoms with van der Waals surface area (Å²) in [5.74, 6) is -3.04. The Balaban J connectivity index is 3.03. The van der Waals surface area contributed by atoms with E-state index < -0.39 is 23.5 Å². The maximum Gasteiger partial charge on any atom is 0.154 e. The lowest BCUT2D eigenvalue weighted by Gasteiger charge is -2.31. The van der Waals surface area contributed by atoms with E-state index >= 15 is 0 Å². The van der Waals surface area contributed by atoms with Crippen molar-refractivity contribution in [2.45, 2.75) is 11.7 Å². The maximum absolute atomic E-state index is 12.5. The maximum atomic E-state index is 12.5. The quantitative estimate of drug-likeness (QED) is 0.492. The first-order chi connectivity index (χ1) is 5.48. The van der Waals surface area contributed by atoms with Gasteiger partial charge in [0.05, 0.1) is 5.97 Å². The van der Waals surface area contributed by atoms with E-state index in [0.717, 1.165) is 18.2 Å². The first-order valence-corrected chi connectivity index (χ1v) is 3.15. The molecule has 0 aromatic carbocycles. The molecule has 5 heteroatoms. The molecule has 4 nitrogen and oxygen atoms in total. The normalized spacial score (nSPS) is 34.6. The van der Waals surface area contributed by atoms with Crippen LogP contribution in [0.5, 0.6) is 0 Å². The minimum Gasteiger partial charge on any atom is -0.547 e. The minimum absolute atomic E-state index is 0.760. The first-order valence-electron chi connectivity index (χ1n) is 3.15. The van der Waals surface area contributed by atoms with E-state index in [1.807, 2.05) is 0 Å². The monoisotopic (exact) mass is 173 g/mol. The molecule has 0 saturated heterocycles. The van der Waals surface area contributed by atoms with Crippen molar-refractivity contribution in [3.63, 3.8) is 0 Å². The molecule has 0 heterocycles. The first kappa shape index (κ1) is 8.89. The second-order valence-electron chi connectivity index (χ2n) is 2.43. The van der Waals surface area contributed by atoms with Crippen LogP contribution in [-0.4, -0.2) is 27.9 Å². The van der Waals surface area contributed by atoms with Gasteiger partial charge in [-0.3, -0.25) is 0 Å². The number of carboxylic acids is 1. The predicted octanol–water partition coefficient (Wildman–Crippen LogP) is -1.75. The third-order valence-electron chi connectivity index (χ3n) is 1.61. The highest BCUT2D eigenvalue weighted by atomic mass is 19.1. The van der Waals surface area contributed by atoms with Crippen LogP contribution < -0.4 is 5.11 Å². The number of carboxylic acid groups (broad SMARTS) is 1. The molecule has 0 saturated carbocycles. The number of carbonyl (C=O) groups excluding carboxylic acids is 1. The van der Waals surface area contributed by atoms with Crippen LogP contribution in [0.2, 0.25) is 0 Å². The predicted molar refractivity (Wildman–Crippen MR) is 34.3 cm³/mol. The van der Waals surface area contributed by atoms with Gasteiger partial charge in [-0.1, -0.05) is 6.08 Å².